The maximum Gasteiger partial charge on any atom is 0.338 e. The zero-order valence-electron chi connectivity index (χ0n) is 19.5. The Balaban J connectivity index is 1.59. The molecule has 0 amide bonds. The molecule has 2 aromatic carbocycles. The van der Waals surface area contributed by atoms with Gasteiger partial charge < -0.3 is 9.40 Å². The van der Waals surface area contributed by atoms with Crippen molar-refractivity contribution in [2.24, 2.45) is 5.41 Å². The summed E-state index contributed by atoms with van der Waals surface area (Å²) >= 11 is 0. The summed E-state index contributed by atoms with van der Waals surface area (Å²) in [6, 6.07) is 16.2. The lowest BCUT2D eigenvalue weighted by molar-refractivity contribution is -0.384. The predicted molar refractivity (Wildman–Crippen MR) is 132 cm³/mol. The number of benzene rings is 2. The first kappa shape index (κ1) is 22.3. The van der Waals surface area contributed by atoms with Gasteiger partial charge in [0.1, 0.15) is 12.1 Å². The standard InChI is InChI=1S/C26H23N5O4/c1-4-26(2,3)25(32)35-30-13-11-21-23(27-16-28-24(21)30)29-12-10-17-8-9-19(15-22(17)29)18-6-5-7-20(14-18)31(33)34/h5-16H,4H2,1-3H3. The maximum atomic E-state index is 12.6. The molecule has 0 spiro atoms. The fraction of sp³-hybridized carbons (Fsp3) is 0.192. The zero-order chi connectivity index (χ0) is 24.7. The highest BCUT2D eigenvalue weighted by atomic mass is 16.7. The first-order valence-corrected chi connectivity index (χ1v) is 11.2. The number of nitro groups is 1. The second-order valence-corrected chi connectivity index (χ2v) is 8.96. The third-order valence-corrected chi connectivity index (χ3v) is 6.36. The van der Waals surface area contributed by atoms with Crippen LogP contribution >= 0.6 is 0 Å². The fourth-order valence-electron chi connectivity index (χ4n) is 3.83. The molecule has 35 heavy (non-hydrogen) atoms. The second kappa shape index (κ2) is 8.35. The van der Waals surface area contributed by atoms with Gasteiger partial charge in [-0.25, -0.2) is 14.8 Å². The molecule has 0 N–H and O–H groups in total. The van der Waals surface area contributed by atoms with E-state index < -0.39 is 10.3 Å². The molecule has 5 rings (SSSR count). The van der Waals surface area contributed by atoms with E-state index >= 15 is 0 Å². The van der Waals surface area contributed by atoms with Crippen LogP contribution in [0.25, 0.3) is 38.9 Å². The number of nitro benzene ring substituents is 1. The summed E-state index contributed by atoms with van der Waals surface area (Å²) in [5, 5.41) is 12.9. The minimum absolute atomic E-state index is 0.0395. The van der Waals surface area contributed by atoms with Crippen molar-refractivity contribution in [1.82, 2.24) is 19.3 Å². The molecule has 3 heterocycles. The van der Waals surface area contributed by atoms with Gasteiger partial charge in [-0.15, -0.1) is 0 Å². The van der Waals surface area contributed by atoms with Crippen LogP contribution in [0.3, 0.4) is 0 Å². The van der Waals surface area contributed by atoms with Gasteiger partial charge in [0, 0.05) is 29.9 Å². The van der Waals surface area contributed by atoms with Crippen molar-refractivity contribution >= 4 is 33.6 Å². The van der Waals surface area contributed by atoms with Gasteiger partial charge in [-0.05, 0) is 49.6 Å². The van der Waals surface area contributed by atoms with E-state index in [0.29, 0.717) is 23.3 Å². The number of hydrogen-bond donors (Lipinski definition) is 0. The lowest BCUT2D eigenvalue weighted by Gasteiger charge is -2.20. The quantitative estimate of drug-likeness (QED) is 0.245. The molecule has 0 saturated carbocycles. The number of carbonyl (C=O) groups excluding carboxylic acids is 1. The van der Waals surface area contributed by atoms with Crippen LogP contribution in [0, 0.1) is 15.5 Å². The van der Waals surface area contributed by atoms with Crippen molar-refractivity contribution in [3.8, 4) is 16.9 Å². The smallest absolute Gasteiger partial charge is 0.334 e. The summed E-state index contributed by atoms with van der Waals surface area (Å²) in [5.41, 5.74) is 2.37. The van der Waals surface area contributed by atoms with Crippen LogP contribution in [0.2, 0.25) is 0 Å². The molecule has 3 aromatic heterocycles. The highest BCUT2D eigenvalue weighted by Crippen LogP contribution is 2.30. The normalized spacial score (nSPS) is 11.7. The molecule has 0 fully saturated rings. The van der Waals surface area contributed by atoms with E-state index in [9.17, 15) is 14.9 Å². The Morgan fingerprint density at radius 2 is 1.86 bits per heavy atom. The number of hydrogen-bond acceptors (Lipinski definition) is 6. The van der Waals surface area contributed by atoms with E-state index in [-0.39, 0.29) is 11.7 Å². The molecule has 9 nitrogen and oxygen atoms in total. The van der Waals surface area contributed by atoms with Crippen LogP contribution in [0.4, 0.5) is 5.69 Å². The van der Waals surface area contributed by atoms with Crippen LogP contribution < -0.4 is 4.84 Å². The first-order chi connectivity index (χ1) is 16.8. The van der Waals surface area contributed by atoms with Gasteiger partial charge in [-0.2, -0.15) is 4.73 Å². The molecule has 0 aliphatic rings. The molecule has 0 bridgehead atoms. The summed E-state index contributed by atoms with van der Waals surface area (Å²) in [7, 11) is 0. The van der Waals surface area contributed by atoms with Crippen LogP contribution in [0.15, 0.2) is 73.3 Å². The number of nitrogens with zero attached hydrogens (tertiary/aromatic N) is 5. The van der Waals surface area contributed by atoms with Crippen molar-refractivity contribution in [3.63, 3.8) is 0 Å². The zero-order valence-corrected chi connectivity index (χ0v) is 19.5. The molecular weight excluding hydrogens is 446 g/mol. The third-order valence-electron chi connectivity index (χ3n) is 6.36. The third kappa shape index (κ3) is 3.90. The average Bonchev–Trinajstić information content (AvgIpc) is 3.48. The highest BCUT2D eigenvalue weighted by molar-refractivity contribution is 5.91. The number of fused-ring (bicyclic) bond motifs is 2. The average molecular weight is 470 g/mol. The predicted octanol–water partition coefficient (Wildman–Crippen LogP) is 5.34. The van der Waals surface area contributed by atoms with Crippen molar-refractivity contribution in [3.05, 3.63) is 83.4 Å². The number of non-ortho nitro benzene ring substituents is 1. The Kier molecular flexibility index (Phi) is 5.32. The SMILES string of the molecule is CCC(C)(C)C(=O)On1ccc2c(-n3ccc4ccc(-c5cccc([N+](=O)[O-])c5)cc43)ncnc21. The lowest BCUT2D eigenvalue weighted by atomic mass is 9.91. The van der Waals surface area contributed by atoms with Gasteiger partial charge in [0.15, 0.2) is 5.65 Å². The van der Waals surface area contributed by atoms with E-state index in [0.717, 1.165) is 22.0 Å². The van der Waals surface area contributed by atoms with Crippen LogP contribution in [-0.4, -0.2) is 30.2 Å². The molecule has 0 atom stereocenters. The van der Waals surface area contributed by atoms with Crippen molar-refractivity contribution in [1.29, 1.82) is 0 Å². The first-order valence-electron chi connectivity index (χ1n) is 11.2. The topological polar surface area (TPSA) is 105 Å². The van der Waals surface area contributed by atoms with Gasteiger partial charge >= 0.3 is 5.97 Å². The van der Waals surface area contributed by atoms with E-state index in [1.807, 2.05) is 67.9 Å². The summed E-state index contributed by atoms with van der Waals surface area (Å²) in [4.78, 5) is 37.9. The summed E-state index contributed by atoms with van der Waals surface area (Å²) in [5.74, 6) is 0.288. The summed E-state index contributed by atoms with van der Waals surface area (Å²) in [6.07, 6.45) is 5.65. The number of rotatable bonds is 6. The van der Waals surface area contributed by atoms with Gasteiger partial charge in [-0.1, -0.05) is 31.2 Å². The van der Waals surface area contributed by atoms with Crippen LogP contribution in [-0.2, 0) is 4.79 Å². The molecule has 0 aliphatic heterocycles. The van der Waals surface area contributed by atoms with Gasteiger partial charge in [0.2, 0.25) is 0 Å². The van der Waals surface area contributed by atoms with E-state index in [4.69, 9.17) is 4.84 Å². The molecule has 9 heteroatoms. The molecule has 5 aromatic rings. The minimum Gasteiger partial charge on any atom is -0.334 e. The van der Waals surface area contributed by atoms with Crippen molar-refractivity contribution in [2.45, 2.75) is 27.2 Å². The maximum absolute atomic E-state index is 12.6. The number of aromatic nitrogens is 4. The van der Waals surface area contributed by atoms with E-state index in [1.54, 1.807) is 18.3 Å². The van der Waals surface area contributed by atoms with Gasteiger partial charge in [0.25, 0.3) is 5.69 Å². The van der Waals surface area contributed by atoms with Gasteiger partial charge in [-0.3, -0.25) is 10.1 Å². The summed E-state index contributed by atoms with van der Waals surface area (Å²) < 4.78 is 3.31. The largest absolute Gasteiger partial charge is 0.338 e. The Bertz CT molecular complexity index is 1600. The molecule has 0 unspecified atom stereocenters. The van der Waals surface area contributed by atoms with Crippen molar-refractivity contribution < 1.29 is 14.6 Å². The number of carbonyl (C=O) groups is 1. The monoisotopic (exact) mass is 469 g/mol. The highest BCUT2D eigenvalue weighted by Gasteiger charge is 2.28. The lowest BCUT2D eigenvalue weighted by Crippen LogP contribution is -2.32. The summed E-state index contributed by atoms with van der Waals surface area (Å²) in [6.45, 7) is 5.62. The van der Waals surface area contributed by atoms with Crippen LogP contribution in [0.5, 0.6) is 0 Å². The molecule has 0 saturated heterocycles. The van der Waals surface area contributed by atoms with E-state index in [2.05, 4.69) is 9.97 Å². The van der Waals surface area contributed by atoms with Crippen LogP contribution in [0.1, 0.15) is 27.2 Å². The molecule has 176 valence electrons. The Labute approximate surface area is 200 Å². The molecule has 0 radical (unpaired) electrons. The molecular formula is C26H23N5O4. The minimum atomic E-state index is -0.619. The Morgan fingerprint density at radius 1 is 1.06 bits per heavy atom. The Hall–Kier alpha value is -4.53. The van der Waals surface area contributed by atoms with Gasteiger partial charge in [0.05, 0.1) is 21.2 Å². The second-order valence-electron chi connectivity index (χ2n) is 8.96. The van der Waals surface area contributed by atoms with Crippen molar-refractivity contribution in [2.75, 3.05) is 0 Å². The van der Waals surface area contributed by atoms with E-state index in [1.165, 1.54) is 17.1 Å². The molecule has 0 aliphatic carbocycles. The fourth-order valence-corrected chi connectivity index (χ4v) is 3.83. The Morgan fingerprint density at radius 3 is 2.63 bits per heavy atom.